The fourth-order valence-electron chi connectivity index (χ4n) is 4.67. The van der Waals surface area contributed by atoms with Crippen LogP contribution in [0.15, 0.2) is 36.7 Å². The highest BCUT2D eigenvalue weighted by atomic mass is 19.1. The van der Waals surface area contributed by atoms with Gasteiger partial charge in [0.15, 0.2) is 11.5 Å². The molecule has 1 aromatic carbocycles. The number of aliphatic hydroxyl groups excluding tert-OH is 1. The van der Waals surface area contributed by atoms with Crippen LogP contribution in [0.25, 0.3) is 0 Å². The van der Waals surface area contributed by atoms with Crippen LogP contribution in [0.5, 0.6) is 17.2 Å². The van der Waals surface area contributed by atoms with Crippen LogP contribution in [0.3, 0.4) is 0 Å². The number of pyridine rings is 1. The first-order chi connectivity index (χ1) is 13.6. The molecule has 0 spiro atoms. The Hall–Kier alpha value is -2.38. The van der Waals surface area contributed by atoms with Gasteiger partial charge in [-0.3, -0.25) is 9.88 Å². The second kappa shape index (κ2) is 7.22. The van der Waals surface area contributed by atoms with Gasteiger partial charge < -0.3 is 19.3 Å². The van der Waals surface area contributed by atoms with Crippen molar-refractivity contribution in [2.75, 3.05) is 19.9 Å². The fourth-order valence-corrected chi connectivity index (χ4v) is 4.67. The topological polar surface area (TPSA) is 64.1 Å². The lowest BCUT2D eigenvalue weighted by atomic mass is 9.78. The first-order valence-corrected chi connectivity index (χ1v) is 9.70. The molecule has 1 aliphatic carbocycles. The maximum Gasteiger partial charge on any atom is 0.231 e. The summed E-state index contributed by atoms with van der Waals surface area (Å²) in [6.45, 7) is 2.75. The van der Waals surface area contributed by atoms with Crippen molar-refractivity contribution in [2.24, 2.45) is 11.8 Å². The van der Waals surface area contributed by atoms with E-state index >= 15 is 0 Å². The smallest absolute Gasteiger partial charge is 0.231 e. The summed E-state index contributed by atoms with van der Waals surface area (Å²) in [4.78, 5) is 6.25. The minimum atomic E-state index is -0.498. The standard InChI is InChI=1S/C21H23FN2O4/c22-16-3-13(7-23-8-16)9-24-10-14-4-18(25)20(5-15(14)11-24)28-17-1-2-19-21(6-17)27-12-26-19/h1-3,6-8,14-15,18,20,25H,4-5,9-12H2/t14-,15+,18+,20+/m0/s1. The third kappa shape index (κ3) is 3.52. The summed E-state index contributed by atoms with van der Waals surface area (Å²) in [6, 6.07) is 7.04. The number of fused-ring (bicyclic) bond motifs is 2. The van der Waals surface area contributed by atoms with E-state index in [4.69, 9.17) is 14.2 Å². The summed E-state index contributed by atoms with van der Waals surface area (Å²) >= 11 is 0. The highest BCUT2D eigenvalue weighted by molar-refractivity contribution is 5.47. The SMILES string of the molecule is O[C@@H]1C[C@H]2CN(Cc3cncc(F)c3)C[C@H]2C[C@H]1Oc1ccc2c(c1)OCO2. The summed E-state index contributed by atoms with van der Waals surface area (Å²) in [5.74, 6) is 2.68. The Balaban J connectivity index is 1.22. The number of ether oxygens (including phenoxy) is 3. The number of nitrogens with zero attached hydrogens (tertiary/aromatic N) is 2. The Morgan fingerprint density at radius 2 is 1.93 bits per heavy atom. The van der Waals surface area contributed by atoms with Gasteiger partial charge in [0.05, 0.1) is 12.3 Å². The van der Waals surface area contributed by atoms with E-state index in [0.717, 1.165) is 37.2 Å². The molecule has 6 nitrogen and oxygen atoms in total. The molecule has 1 aromatic heterocycles. The quantitative estimate of drug-likeness (QED) is 0.872. The van der Waals surface area contributed by atoms with Crippen molar-refractivity contribution in [2.45, 2.75) is 31.6 Å². The summed E-state index contributed by atoms with van der Waals surface area (Å²) in [7, 11) is 0. The number of rotatable bonds is 4. The lowest BCUT2D eigenvalue weighted by Gasteiger charge is -2.35. The third-order valence-electron chi connectivity index (χ3n) is 5.96. The lowest BCUT2D eigenvalue weighted by Crippen LogP contribution is -2.42. The van der Waals surface area contributed by atoms with E-state index in [1.165, 1.54) is 12.3 Å². The second-order valence-electron chi connectivity index (χ2n) is 7.94. The van der Waals surface area contributed by atoms with Crippen LogP contribution in [-0.4, -0.2) is 47.1 Å². The molecule has 0 amide bonds. The fraction of sp³-hybridized carbons (Fsp3) is 0.476. The zero-order valence-corrected chi connectivity index (χ0v) is 15.5. The molecule has 0 radical (unpaired) electrons. The van der Waals surface area contributed by atoms with Crippen molar-refractivity contribution in [3.05, 3.63) is 48.0 Å². The van der Waals surface area contributed by atoms with Crippen molar-refractivity contribution < 1.29 is 23.7 Å². The zero-order chi connectivity index (χ0) is 19.1. The molecule has 7 heteroatoms. The number of aromatic nitrogens is 1. The Morgan fingerprint density at radius 1 is 1.11 bits per heavy atom. The van der Waals surface area contributed by atoms with E-state index in [2.05, 4.69) is 9.88 Å². The molecule has 1 N–H and O–H groups in total. The number of benzene rings is 1. The number of hydrogen-bond acceptors (Lipinski definition) is 6. The molecule has 5 rings (SSSR count). The minimum Gasteiger partial charge on any atom is -0.488 e. The van der Waals surface area contributed by atoms with Gasteiger partial charge in [-0.25, -0.2) is 4.39 Å². The van der Waals surface area contributed by atoms with Crippen molar-refractivity contribution in [3.8, 4) is 17.2 Å². The zero-order valence-electron chi connectivity index (χ0n) is 15.5. The molecule has 0 bridgehead atoms. The predicted octanol–water partition coefficient (Wildman–Crippen LogP) is 2.60. The lowest BCUT2D eigenvalue weighted by molar-refractivity contribution is -0.0232. The van der Waals surface area contributed by atoms with Gasteiger partial charge in [-0.2, -0.15) is 0 Å². The van der Waals surface area contributed by atoms with Crippen LogP contribution in [0.4, 0.5) is 4.39 Å². The van der Waals surface area contributed by atoms with E-state index in [1.807, 2.05) is 18.2 Å². The van der Waals surface area contributed by atoms with Gasteiger partial charge >= 0.3 is 0 Å². The van der Waals surface area contributed by atoms with Crippen LogP contribution in [0, 0.1) is 17.7 Å². The number of aliphatic hydroxyl groups is 1. The third-order valence-corrected chi connectivity index (χ3v) is 5.96. The largest absolute Gasteiger partial charge is 0.488 e. The molecule has 2 aromatic rings. The number of likely N-dealkylation sites (tertiary alicyclic amines) is 1. The molecular formula is C21H23FN2O4. The van der Waals surface area contributed by atoms with Crippen LogP contribution in [0.2, 0.25) is 0 Å². The van der Waals surface area contributed by atoms with Gasteiger partial charge in [0, 0.05) is 31.9 Å². The van der Waals surface area contributed by atoms with Crippen LogP contribution < -0.4 is 14.2 Å². The van der Waals surface area contributed by atoms with E-state index in [9.17, 15) is 9.50 Å². The van der Waals surface area contributed by atoms with Crippen molar-refractivity contribution in [1.82, 2.24) is 9.88 Å². The summed E-state index contributed by atoms with van der Waals surface area (Å²) in [5.41, 5.74) is 0.882. The molecule has 1 saturated heterocycles. The highest BCUT2D eigenvalue weighted by Crippen LogP contribution is 2.40. The van der Waals surface area contributed by atoms with Crippen molar-refractivity contribution in [3.63, 3.8) is 0 Å². The summed E-state index contributed by atoms with van der Waals surface area (Å²) in [6.07, 6.45) is 3.73. The molecule has 4 atom stereocenters. The molecule has 28 heavy (non-hydrogen) atoms. The first-order valence-electron chi connectivity index (χ1n) is 9.70. The van der Waals surface area contributed by atoms with Gasteiger partial charge in [0.2, 0.25) is 6.79 Å². The molecule has 3 aliphatic rings. The van der Waals surface area contributed by atoms with Gasteiger partial charge in [0.1, 0.15) is 17.7 Å². The normalized spacial score (nSPS) is 28.9. The minimum absolute atomic E-state index is 0.227. The number of hydrogen-bond donors (Lipinski definition) is 1. The van der Waals surface area contributed by atoms with Gasteiger partial charge in [-0.05, 0) is 48.4 Å². The molecule has 3 heterocycles. The Kier molecular flexibility index (Phi) is 4.56. The van der Waals surface area contributed by atoms with Gasteiger partial charge in [-0.15, -0.1) is 0 Å². The van der Waals surface area contributed by atoms with E-state index in [0.29, 0.717) is 29.9 Å². The molecule has 148 valence electrons. The Labute approximate surface area is 162 Å². The molecule has 2 fully saturated rings. The Morgan fingerprint density at radius 3 is 2.79 bits per heavy atom. The highest BCUT2D eigenvalue weighted by Gasteiger charge is 2.42. The first kappa shape index (κ1) is 17.7. The average molecular weight is 386 g/mol. The number of halogens is 1. The van der Waals surface area contributed by atoms with Crippen LogP contribution in [0.1, 0.15) is 18.4 Å². The van der Waals surface area contributed by atoms with Crippen LogP contribution in [-0.2, 0) is 6.54 Å². The van der Waals surface area contributed by atoms with Gasteiger partial charge in [-0.1, -0.05) is 0 Å². The maximum atomic E-state index is 13.4. The molecule has 2 aliphatic heterocycles. The van der Waals surface area contributed by atoms with Crippen LogP contribution >= 0.6 is 0 Å². The second-order valence-corrected chi connectivity index (χ2v) is 7.94. The average Bonchev–Trinajstić information content (AvgIpc) is 3.27. The monoisotopic (exact) mass is 386 g/mol. The van der Waals surface area contributed by atoms with Crippen molar-refractivity contribution >= 4 is 0 Å². The van der Waals surface area contributed by atoms with E-state index in [1.54, 1.807) is 6.20 Å². The molecule has 0 unspecified atom stereocenters. The molecular weight excluding hydrogens is 363 g/mol. The molecule has 1 saturated carbocycles. The maximum absolute atomic E-state index is 13.4. The summed E-state index contributed by atoms with van der Waals surface area (Å²) < 4.78 is 30.2. The Bertz CT molecular complexity index is 864. The van der Waals surface area contributed by atoms with E-state index < -0.39 is 6.10 Å². The van der Waals surface area contributed by atoms with E-state index in [-0.39, 0.29) is 18.7 Å². The van der Waals surface area contributed by atoms with Crippen molar-refractivity contribution in [1.29, 1.82) is 0 Å². The predicted molar refractivity (Wildman–Crippen MR) is 98.7 cm³/mol. The summed E-state index contributed by atoms with van der Waals surface area (Å²) in [5, 5.41) is 10.6. The van der Waals surface area contributed by atoms with Gasteiger partial charge in [0.25, 0.3) is 0 Å².